The van der Waals surface area contributed by atoms with Gasteiger partial charge in [-0.1, -0.05) is 5.16 Å². The summed E-state index contributed by atoms with van der Waals surface area (Å²) in [6.07, 6.45) is 0.770. The molecule has 1 aliphatic rings. The molecule has 0 radical (unpaired) electrons. The second-order valence-corrected chi connectivity index (χ2v) is 5.70. The Morgan fingerprint density at radius 1 is 1.38 bits per heavy atom. The minimum absolute atomic E-state index is 0.0989. The lowest BCUT2D eigenvalue weighted by Crippen LogP contribution is -2.27. The first-order valence-corrected chi connectivity index (χ1v) is 7.67. The highest BCUT2D eigenvalue weighted by Crippen LogP contribution is 2.31. The van der Waals surface area contributed by atoms with Crippen LogP contribution < -0.4 is 15.2 Å². The third kappa shape index (κ3) is 3.33. The summed E-state index contributed by atoms with van der Waals surface area (Å²) in [5, 5.41) is 4.01. The van der Waals surface area contributed by atoms with E-state index in [2.05, 4.69) is 15.0 Å². The maximum absolute atomic E-state index is 11.2. The van der Waals surface area contributed by atoms with Crippen LogP contribution >= 0.6 is 0 Å². The molecule has 128 valence electrons. The molecule has 2 N–H and O–H groups in total. The van der Waals surface area contributed by atoms with Crippen molar-refractivity contribution in [3.05, 3.63) is 24.1 Å². The molecule has 1 aromatic carbocycles. The van der Waals surface area contributed by atoms with Crippen molar-refractivity contribution < 1.29 is 18.8 Å². The molecule has 1 atom stereocenters. The highest BCUT2D eigenvalue weighted by Gasteiger charge is 2.27. The maximum atomic E-state index is 11.2. The Labute approximate surface area is 139 Å². The highest BCUT2D eigenvalue weighted by atomic mass is 16.5. The molecule has 8 nitrogen and oxygen atoms in total. The molecule has 2 aromatic rings. The van der Waals surface area contributed by atoms with E-state index in [1.165, 1.54) is 0 Å². The molecule has 1 aliphatic heterocycles. The largest absolute Gasteiger partial charge is 0.493 e. The molecule has 1 saturated heterocycles. The molecule has 1 aromatic heterocycles. The Bertz CT molecular complexity index is 731. The molecule has 0 unspecified atom stereocenters. The van der Waals surface area contributed by atoms with Crippen LogP contribution in [0.4, 0.5) is 0 Å². The fourth-order valence-electron chi connectivity index (χ4n) is 2.81. The molecule has 1 fully saturated rings. The molecular weight excluding hydrogens is 312 g/mol. The standard InChI is InChI=1S/C16H20N4O4/c1-22-12-4-3-10(7-13(12)23-2)16-18-14(24-19-16)9-20-6-5-11(8-20)15(17)21/h3-4,7,11H,5-6,8-9H2,1-2H3,(H2,17,21)/t11-/m0/s1. The van der Waals surface area contributed by atoms with E-state index in [0.717, 1.165) is 18.5 Å². The summed E-state index contributed by atoms with van der Waals surface area (Å²) in [6, 6.07) is 5.43. The minimum atomic E-state index is -0.256. The normalized spacial score (nSPS) is 17.8. The van der Waals surface area contributed by atoms with Gasteiger partial charge in [-0.2, -0.15) is 4.98 Å². The third-order valence-electron chi connectivity index (χ3n) is 4.14. The van der Waals surface area contributed by atoms with Gasteiger partial charge in [0, 0.05) is 12.1 Å². The van der Waals surface area contributed by atoms with Gasteiger partial charge in [-0.05, 0) is 31.2 Å². The van der Waals surface area contributed by atoms with E-state index in [4.69, 9.17) is 19.7 Å². The Balaban J connectivity index is 1.71. The van der Waals surface area contributed by atoms with E-state index in [1.807, 2.05) is 6.07 Å². The number of rotatable bonds is 6. The van der Waals surface area contributed by atoms with Gasteiger partial charge < -0.3 is 19.7 Å². The molecule has 3 rings (SSSR count). The number of aromatic nitrogens is 2. The molecule has 0 aliphatic carbocycles. The van der Waals surface area contributed by atoms with Crippen molar-refractivity contribution in [1.29, 1.82) is 0 Å². The Hall–Kier alpha value is -2.61. The van der Waals surface area contributed by atoms with Crippen molar-refractivity contribution in [1.82, 2.24) is 15.0 Å². The number of nitrogens with zero attached hydrogens (tertiary/aromatic N) is 3. The van der Waals surface area contributed by atoms with Crippen LogP contribution in [-0.2, 0) is 11.3 Å². The zero-order valence-corrected chi connectivity index (χ0v) is 13.7. The summed E-state index contributed by atoms with van der Waals surface area (Å²) in [5.74, 6) is 1.87. The average molecular weight is 332 g/mol. The Morgan fingerprint density at radius 2 is 2.17 bits per heavy atom. The molecule has 2 heterocycles. The predicted molar refractivity (Wildman–Crippen MR) is 85.4 cm³/mol. The molecule has 0 bridgehead atoms. The predicted octanol–water partition coefficient (Wildman–Crippen LogP) is 1.06. The number of nitrogens with two attached hydrogens (primary N) is 1. The van der Waals surface area contributed by atoms with E-state index in [9.17, 15) is 4.79 Å². The molecule has 8 heteroatoms. The summed E-state index contributed by atoms with van der Waals surface area (Å²) in [4.78, 5) is 17.7. The van der Waals surface area contributed by atoms with Crippen LogP contribution in [0.2, 0.25) is 0 Å². The molecular formula is C16H20N4O4. The summed E-state index contributed by atoms with van der Waals surface area (Å²) in [6.45, 7) is 1.93. The average Bonchev–Trinajstić information content (AvgIpc) is 3.24. The van der Waals surface area contributed by atoms with E-state index >= 15 is 0 Å². The first-order valence-electron chi connectivity index (χ1n) is 7.67. The number of methoxy groups -OCH3 is 2. The number of carbonyl (C=O) groups is 1. The van der Waals surface area contributed by atoms with Gasteiger partial charge in [0.2, 0.25) is 17.6 Å². The fraction of sp³-hybridized carbons (Fsp3) is 0.438. The van der Waals surface area contributed by atoms with Crippen LogP contribution in [-0.4, -0.2) is 48.3 Å². The summed E-state index contributed by atoms with van der Waals surface area (Å²) in [7, 11) is 3.16. The van der Waals surface area contributed by atoms with Gasteiger partial charge in [-0.25, -0.2) is 0 Å². The lowest BCUT2D eigenvalue weighted by molar-refractivity contribution is -0.121. The number of amides is 1. The molecule has 24 heavy (non-hydrogen) atoms. The number of benzene rings is 1. The zero-order chi connectivity index (χ0) is 17.1. The van der Waals surface area contributed by atoms with Crippen molar-refractivity contribution in [3.63, 3.8) is 0 Å². The van der Waals surface area contributed by atoms with Gasteiger partial charge in [0.15, 0.2) is 11.5 Å². The first-order chi connectivity index (χ1) is 11.6. The number of ether oxygens (including phenoxy) is 2. The Morgan fingerprint density at radius 3 is 2.83 bits per heavy atom. The number of hydrogen-bond acceptors (Lipinski definition) is 7. The van der Waals surface area contributed by atoms with Crippen LogP contribution in [0.25, 0.3) is 11.4 Å². The second-order valence-electron chi connectivity index (χ2n) is 5.70. The van der Waals surface area contributed by atoms with E-state index < -0.39 is 0 Å². The van der Waals surface area contributed by atoms with Crippen LogP contribution in [0.15, 0.2) is 22.7 Å². The van der Waals surface area contributed by atoms with E-state index in [-0.39, 0.29) is 11.8 Å². The van der Waals surface area contributed by atoms with Crippen molar-refractivity contribution in [2.45, 2.75) is 13.0 Å². The van der Waals surface area contributed by atoms with Crippen molar-refractivity contribution in [2.24, 2.45) is 11.7 Å². The van der Waals surface area contributed by atoms with Gasteiger partial charge in [0.1, 0.15) is 0 Å². The third-order valence-corrected chi connectivity index (χ3v) is 4.14. The number of hydrogen-bond donors (Lipinski definition) is 1. The molecule has 1 amide bonds. The highest BCUT2D eigenvalue weighted by molar-refractivity contribution is 5.77. The lowest BCUT2D eigenvalue weighted by atomic mass is 10.1. The van der Waals surface area contributed by atoms with Crippen LogP contribution in [0.1, 0.15) is 12.3 Å². The van der Waals surface area contributed by atoms with Gasteiger partial charge in [0.25, 0.3) is 0 Å². The van der Waals surface area contributed by atoms with Gasteiger partial charge in [-0.3, -0.25) is 9.69 Å². The Kier molecular flexibility index (Phi) is 4.66. The minimum Gasteiger partial charge on any atom is -0.493 e. The van der Waals surface area contributed by atoms with E-state index in [0.29, 0.717) is 36.3 Å². The van der Waals surface area contributed by atoms with Gasteiger partial charge in [0.05, 0.1) is 26.7 Å². The first kappa shape index (κ1) is 16.3. The van der Waals surface area contributed by atoms with Crippen LogP contribution in [0, 0.1) is 5.92 Å². The second kappa shape index (κ2) is 6.88. The molecule has 0 saturated carbocycles. The fourth-order valence-corrected chi connectivity index (χ4v) is 2.81. The number of primary amides is 1. The molecule has 0 spiro atoms. The van der Waals surface area contributed by atoms with E-state index in [1.54, 1.807) is 26.4 Å². The summed E-state index contributed by atoms with van der Waals surface area (Å²) >= 11 is 0. The maximum Gasteiger partial charge on any atom is 0.241 e. The monoisotopic (exact) mass is 332 g/mol. The van der Waals surface area contributed by atoms with Gasteiger partial charge >= 0.3 is 0 Å². The van der Waals surface area contributed by atoms with Crippen molar-refractivity contribution in [2.75, 3.05) is 27.3 Å². The zero-order valence-electron chi connectivity index (χ0n) is 13.7. The smallest absolute Gasteiger partial charge is 0.241 e. The van der Waals surface area contributed by atoms with Crippen molar-refractivity contribution >= 4 is 5.91 Å². The topological polar surface area (TPSA) is 104 Å². The summed E-state index contributed by atoms with van der Waals surface area (Å²) < 4.78 is 15.8. The quantitative estimate of drug-likeness (QED) is 0.843. The van der Waals surface area contributed by atoms with Crippen LogP contribution in [0.5, 0.6) is 11.5 Å². The SMILES string of the molecule is COc1ccc(-c2noc(CN3CC[C@H](C(N)=O)C3)n2)cc1OC. The lowest BCUT2D eigenvalue weighted by Gasteiger charge is -2.11. The van der Waals surface area contributed by atoms with Gasteiger partial charge in [-0.15, -0.1) is 0 Å². The van der Waals surface area contributed by atoms with Crippen molar-refractivity contribution in [3.8, 4) is 22.9 Å². The number of carbonyl (C=O) groups excluding carboxylic acids is 1. The summed E-state index contributed by atoms with van der Waals surface area (Å²) in [5.41, 5.74) is 6.12. The number of likely N-dealkylation sites (tertiary alicyclic amines) is 1. The van der Waals surface area contributed by atoms with Crippen LogP contribution in [0.3, 0.4) is 0 Å².